The maximum Gasteiger partial charge on any atom is 0.355 e. The zero-order valence-electron chi connectivity index (χ0n) is 20.4. The number of esters is 1. The van der Waals surface area contributed by atoms with Gasteiger partial charge in [0.1, 0.15) is 11.8 Å². The van der Waals surface area contributed by atoms with Crippen molar-refractivity contribution in [2.45, 2.75) is 45.8 Å². The summed E-state index contributed by atoms with van der Waals surface area (Å²) in [7, 11) is 0. The molecule has 0 fully saturated rings. The number of amides is 1. The molecule has 2 atom stereocenters. The Bertz CT molecular complexity index is 1280. The first-order chi connectivity index (χ1) is 17.2. The van der Waals surface area contributed by atoms with Crippen LogP contribution in [0.5, 0.6) is 5.88 Å². The highest BCUT2D eigenvalue weighted by Gasteiger charge is 2.28. The predicted molar refractivity (Wildman–Crippen MR) is 132 cm³/mol. The number of carboxylic acids is 1. The molecule has 9 nitrogen and oxygen atoms in total. The quantitative estimate of drug-likeness (QED) is 0.386. The molecule has 36 heavy (non-hydrogen) atoms. The molecule has 0 bridgehead atoms. The van der Waals surface area contributed by atoms with Gasteiger partial charge in [-0.15, -0.1) is 0 Å². The molecule has 1 unspecified atom stereocenters. The van der Waals surface area contributed by atoms with Crippen LogP contribution in [0.15, 0.2) is 54.6 Å². The lowest BCUT2D eigenvalue weighted by atomic mass is 10.0. The lowest BCUT2D eigenvalue weighted by Gasteiger charge is -2.24. The van der Waals surface area contributed by atoms with Crippen LogP contribution in [0, 0.1) is 17.2 Å². The second-order valence-corrected chi connectivity index (χ2v) is 8.67. The molecule has 3 rings (SSSR count). The maximum atomic E-state index is 13.4. The lowest BCUT2D eigenvalue weighted by molar-refractivity contribution is -0.138. The van der Waals surface area contributed by atoms with Crippen LogP contribution >= 0.6 is 0 Å². The molecule has 0 aliphatic heterocycles. The number of hydrogen-bond acceptors (Lipinski definition) is 6. The van der Waals surface area contributed by atoms with Crippen LogP contribution in [0.4, 0.5) is 0 Å². The Morgan fingerprint density at radius 1 is 1.11 bits per heavy atom. The molecular formula is C27H29N3O6. The number of rotatable bonds is 11. The SMILES string of the molecule is CCOC(=O)c1cc(C#N)c2cccc(O[C@@H](CC(C)C)C(=O)NC(CC(=O)O)c3ccccc3)n12. The second-order valence-electron chi connectivity index (χ2n) is 8.67. The van der Waals surface area contributed by atoms with Crippen LogP contribution in [-0.2, 0) is 14.3 Å². The van der Waals surface area contributed by atoms with Gasteiger partial charge in [0.05, 0.1) is 30.1 Å². The minimum atomic E-state index is -1.05. The van der Waals surface area contributed by atoms with Gasteiger partial charge < -0.3 is 19.9 Å². The van der Waals surface area contributed by atoms with Gasteiger partial charge in [-0.2, -0.15) is 5.26 Å². The zero-order chi connectivity index (χ0) is 26.2. The number of fused-ring (bicyclic) bond motifs is 1. The molecule has 0 spiro atoms. The predicted octanol–water partition coefficient (Wildman–Crippen LogP) is 4.11. The van der Waals surface area contributed by atoms with Crippen molar-refractivity contribution in [1.82, 2.24) is 9.72 Å². The Labute approximate surface area is 209 Å². The molecule has 1 aromatic carbocycles. The van der Waals surface area contributed by atoms with Crippen LogP contribution in [0.3, 0.4) is 0 Å². The van der Waals surface area contributed by atoms with Gasteiger partial charge in [-0.25, -0.2) is 4.79 Å². The molecule has 0 aliphatic carbocycles. The summed E-state index contributed by atoms with van der Waals surface area (Å²) >= 11 is 0. The van der Waals surface area contributed by atoms with Crippen LogP contribution < -0.4 is 10.1 Å². The van der Waals surface area contributed by atoms with Crippen molar-refractivity contribution in [3.63, 3.8) is 0 Å². The number of benzene rings is 1. The molecule has 188 valence electrons. The van der Waals surface area contributed by atoms with Crippen LogP contribution in [0.1, 0.15) is 61.3 Å². The van der Waals surface area contributed by atoms with E-state index in [0.717, 1.165) is 0 Å². The summed E-state index contributed by atoms with van der Waals surface area (Å²) in [6.07, 6.45) is -0.952. The van der Waals surface area contributed by atoms with E-state index < -0.39 is 30.0 Å². The van der Waals surface area contributed by atoms with Gasteiger partial charge in [0.2, 0.25) is 0 Å². The van der Waals surface area contributed by atoms with Crippen molar-refractivity contribution in [2.75, 3.05) is 6.61 Å². The molecule has 0 aliphatic rings. The molecule has 1 amide bonds. The molecule has 2 N–H and O–H groups in total. The highest BCUT2D eigenvalue weighted by Crippen LogP contribution is 2.26. The summed E-state index contributed by atoms with van der Waals surface area (Å²) in [5, 5.41) is 21.8. The van der Waals surface area contributed by atoms with E-state index in [1.54, 1.807) is 49.4 Å². The summed E-state index contributed by atoms with van der Waals surface area (Å²) in [4.78, 5) is 37.5. The third-order valence-electron chi connectivity index (χ3n) is 5.50. The average molecular weight is 492 g/mol. The molecule has 0 radical (unpaired) electrons. The molecular weight excluding hydrogens is 462 g/mol. The van der Waals surface area contributed by atoms with Gasteiger partial charge >= 0.3 is 11.9 Å². The first kappa shape index (κ1) is 26.3. The fourth-order valence-corrected chi connectivity index (χ4v) is 3.92. The molecule has 0 saturated heterocycles. The number of aromatic nitrogens is 1. The molecule has 3 aromatic rings. The first-order valence-corrected chi connectivity index (χ1v) is 11.7. The van der Waals surface area contributed by atoms with E-state index in [2.05, 4.69) is 11.4 Å². The fraction of sp³-hybridized carbons (Fsp3) is 0.333. The third-order valence-corrected chi connectivity index (χ3v) is 5.50. The Morgan fingerprint density at radius 3 is 2.44 bits per heavy atom. The van der Waals surface area contributed by atoms with Crippen molar-refractivity contribution < 1.29 is 29.0 Å². The molecule has 2 heterocycles. The minimum absolute atomic E-state index is 0.0680. The first-order valence-electron chi connectivity index (χ1n) is 11.7. The van der Waals surface area contributed by atoms with E-state index in [1.807, 2.05) is 19.9 Å². The Morgan fingerprint density at radius 2 is 1.83 bits per heavy atom. The summed E-state index contributed by atoms with van der Waals surface area (Å²) in [5.41, 5.74) is 1.47. The molecule has 0 saturated carbocycles. The highest BCUT2D eigenvalue weighted by molar-refractivity contribution is 5.91. The van der Waals surface area contributed by atoms with Gasteiger partial charge in [-0.05, 0) is 43.0 Å². The number of ether oxygens (including phenoxy) is 2. The van der Waals surface area contributed by atoms with Crippen molar-refractivity contribution in [1.29, 1.82) is 5.26 Å². The third kappa shape index (κ3) is 6.21. The lowest BCUT2D eigenvalue weighted by Crippen LogP contribution is -2.42. The largest absolute Gasteiger partial charge is 0.481 e. The van der Waals surface area contributed by atoms with E-state index in [0.29, 0.717) is 17.5 Å². The average Bonchev–Trinajstić information content (AvgIpc) is 3.23. The number of carboxylic acid groups (broad SMARTS) is 1. The molecule has 9 heteroatoms. The minimum Gasteiger partial charge on any atom is -0.481 e. The fourth-order valence-electron chi connectivity index (χ4n) is 3.92. The van der Waals surface area contributed by atoms with Crippen molar-refractivity contribution in [3.05, 3.63) is 71.4 Å². The number of aliphatic carboxylic acids is 1. The van der Waals surface area contributed by atoms with E-state index >= 15 is 0 Å². The van der Waals surface area contributed by atoms with Gasteiger partial charge in [0, 0.05) is 0 Å². The zero-order valence-corrected chi connectivity index (χ0v) is 20.4. The number of carbonyl (C=O) groups is 3. The monoisotopic (exact) mass is 491 g/mol. The van der Waals surface area contributed by atoms with Gasteiger partial charge in [-0.3, -0.25) is 14.0 Å². The number of carbonyl (C=O) groups excluding carboxylic acids is 2. The van der Waals surface area contributed by atoms with Crippen LogP contribution in [0.2, 0.25) is 0 Å². The topological polar surface area (TPSA) is 130 Å². The summed E-state index contributed by atoms with van der Waals surface area (Å²) in [5.74, 6) is -1.90. The van der Waals surface area contributed by atoms with Crippen molar-refractivity contribution in [3.8, 4) is 11.9 Å². The number of pyridine rings is 1. The Kier molecular flexibility index (Phi) is 8.68. The number of nitriles is 1. The normalized spacial score (nSPS) is 12.5. The van der Waals surface area contributed by atoms with Crippen molar-refractivity contribution >= 4 is 23.4 Å². The van der Waals surface area contributed by atoms with E-state index in [-0.39, 0.29) is 36.1 Å². The van der Waals surface area contributed by atoms with Crippen LogP contribution in [0.25, 0.3) is 5.52 Å². The van der Waals surface area contributed by atoms with E-state index in [4.69, 9.17) is 9.47 Å². The Balaban J connectivity index is 1.98. The highest BCUT2D eigenvalue weighted by atomic mass is 16.5. The van der Waals surface area contributed by atoms with Crippen LogP contribution in [-0.4, -0.2) is 40.1 Å². The van der Waals surface area contributed by atoms with Crippen molar-refractivity contribution in [2.24, 2.45) is 5.92 Å². The maximum absolute atomic E-state index is 13.4. The smallest absolute Gasteiger partial charge is 0.355 e. The van der Waals surface area contributed by atoms with E-state index in [1.165, 1.54) is 10.5 Å². The number of hydrogen-bond donors (Lipinski definition) is 2. The van der Waals surface area contributed by atoms with Gasteiger partial charge in [-0.1, -0.05) is 50.2 Å². The van der Waals surface area contributed by atoms with Gasteiger partial charge in [0.15, 0.2) is 12.0 Å². The number of nitrogens with one attached hydrogen (secondary N) is 1. The number of nitrogens with zero attached hydrogens (tertiary/aromatic N) is 2. The standard InChI is InChI=1S/C27H29N3O6/c1-4-35-27(34)22-14-19(16-28)21-11-8-12-24(30(21)22)36-23(13-17(2)3)26(33)29-20(15-25(31)32)18-9-6-5-7-10-18/h5-12,14,17,20,23H,4,13,15H2,1-3H3,(H,29,33)(H,31,32)/t20?,23-/m0/s1. The molecule has 2 aromatic heterocycles. The summed E-state index contributed by atoms with van der Waals surface area (Å²) in [6, 6.07) is 16.5. The summed E-state index contributed by atoms with van der Waals surface area (Å²) < 4.78 is 12.8. The van der Waals surface area contributed by atoms with E-state index in [9.17, 15) is 24.8 Å². The van der Waals surface area contributed by atoms with Gasteiger partial charge in [0.25, 0.3) is 5.91 Å². The second kappa shape index (κ2) is 11.9. The summed E-state index contributed by atoms with van der Waals surface area (Å²) in [6.45, 7) is 5.70. The Hall–Kier alpha value is -4.32.